The molecule has 0 aromatic heterocycles. The van der Waals surface area contributed by atoms with Crippen LogP contribution in [0, 0.1) is 17.8 Å². The number of alkyl halides is 1. The molecule has 3 heteroatoms. The summed E-state index contributed by atoms with van der Waals surface area (Å²) in [5.41, 5.74) is 0. The van der Waals surface area contributed by atoms with Crippen molar-refractivity contribution in [2.75, 3.05) is 13.6 Å². The lowest BCUT2D eigenvalue weighted by atomic mass is 9.84. The second kappa shape index (κ2) is 4.95. The summed E-state index contributed by atoms with van der Waals surface area (Å²) in [5, 5.41) is 0.360. The number of hydrogen-bond acceptors (Lipinski definition) is 1. The van der Waals surface area contributed by atoms with Gasteiger partial charge in [-0.25, -0.2) is 0 Å². The molecule has 2 rings (SSSR count). The SMILES string of the molecule is CC1CCCC1C(=O)N(C)CC1CC(Cl)C1. The summed E-state index contributed by atoms with van der Waals surface area (Å²) >= 11 is 5.95. The van der Waals surface area contributed by atoms with Crippen molar-refractivity contribution in [3.8, 4) is 0 Å². The number of carbonyl (C=O) groups excluding carboxylic acids is 1. The summed E-state index contributed by atoms with van der Waals surface area (Å²) in [4.78, 5) is 14.2. The molecule has 2 atom stereocenters. The van der Waals surface area contributed by atoms with Crippen LogP contribution < -0.4 is 0 Å². The molecule has 2 nitrogen and oxygen atoms in total. The van der Waals surface area contributed by atoms with Crippen molar-refractivity contribution in [3.63, 3.8) is 0 Å². The van der Waals surface area contributed by atoms with Gasteiger partial charge in [-0.2, -0.15) is 0 Å². The Bertz CT molecular complexity index is 263. The number of nitrogens with zero attached hydrogens (tertiary/aromatic N) is 1. The average molecular weight is 244 g/mol. The lowest BCUT2D eigenvalue weighted by molar-refractivity contribution is -0.136. The first kappa shape index (κ1) is 12.2. The van der Waals surface area contributed by atoms with E-state index in [1.807, 2.05) is 11.9 Å². The lowest BCUT2D eigenvalue weighted by Crippen LogP contribution is -2.41. The molecule has 92 valence electrons. The summed E-state index contributed by atoms with van der Waals surface area (Å²) < 4.78 is 0. The minimum atomic E-state index is 0.289. The van der Waals surface area contributed by atoms with Crippen LogP contribution in [0.3, 0.4) is 0 Å². The molecular weight excluding hydrogens is 222 g/mol. The van der Waals surface area contributed by atoms with E-state index in [-0.39, 0.29) is 5.92 Å². The molecule has 2 aliphatic rings. The Kier molecular flexibility index (Phi) is 3.78. The molecule has 2 unspecified atom stereocenters. The summed E-state index contributed by atoms with van der Waals surface area (Å²) in [6.07, 6.45) is 5.70. The molecule has 2 fully saturated rings. The Balaban J connectivity index is 1.80. The van der Waals surface area contributed by atoms with Gasteiger partial charge in [-0.15, -0.1) is 11.6 Å². The van der Waals surface area contributed by atoms with E-state index in [0.29, 0.717) is 23.1 Å². The fourth-order valence-electron chi connectivity index (χ4n) is 3.08. The van der Waals surface area contributed by atoms with Crippen LogP contribution in [0.1, 0.15) is 39.0 Å². The van der Waals surface area contributed by atoms with Gasteiger partial charge in [-0.05, 0) is 37.5 Å². The smallest absolute Gasteiger partial charge is 0.225 e. The summed E-state index contributed by atoms with van der Waals surface area (Å²) in [6.45, 7) is 3.12. The summed E-state index contributed by atoms with van der Waals surface area (Å²) in [5.74, 6) is 1.88. The quantitative estimate of drug-likeness (QED) is 0.698. The van der Waals surface area contributed by atoms with Crippen molar-refractivity contribution in [1.29, 1.82) is 0 Å². The first-order valence-corrected chi connectivity index (χ1v) is 6.90. The van der Waals surface area contributed by atoms with E-state index >= 15 is 0 Å². The zero-order chi connectivity index (χ0) is 11.7. The molecule has 0 spiro atoms. The molecule has 0 aromatic carbocycles. The maximum atomic E-state index is 12.2. The second-order valence-corrected chi connectivity index (χ2v) is 6.29. The van der Waals surface area contributed by atoms with E-state index in [1.54, 1.807) is 0 Å². The highest BCUT2D eigenvalue weighted by Gasteiger charge is 2.34. The normalized spacial score (nSPS) is 38.2. The zero-order valence-corrected chi connectivity index (χ0v) is 11.0. The highest BCUT2D eigenvalue weighted by molar-refractivity contribution is 6.21. The van der Waals surface area contributed by atoms with Crippen LogP contribution in [-0.4, -0.2) is 29.8 Å². The van der Waals surface area contributed by atoms with Gasteiger partial charge >= 0.3 is 0 Å². The third-order valence-electron chi connectivity index (χ3n) is 4.27. The lowest BCUT2D eigenvalue weighted by Gasteiger charge is -2.35. The highest BCUT2D eigenvalue weighted by Crippen LogP contribution is 2.35. The Morgan fingerprint density at radius 3 is 2.56 bits per heavy atom. The maximum Gasteiger partial charge on any atom is 0.225 e. The number of halogens is 1. The largest absolute Gasteiger partial charge is 0.345 e. The van der Waals surface area contributed by atoms with Crippen molar-refractivity contribution in [2.45, 2.75) is 44.4 Å². The van der Waals surface area contributed by atoms with E-state index in [4.69, 9.17) is 11.6 Å². The Morgan fingerprint density at radius 2 is 2.06 bits per heavy atom. The van der Waals surface area contributed by atoms with Crippen LogP contribution in [0.2, 0.25) is 0 Å². The van der Waals surface area contributed by atoms with Crippen LogP contribution in [0.25, 0.3) is 0 Å². The third kappa shape index (κ3) is 2.53. The molecule has 1 amide bonds. The fourth-order valence-corrected chi connectivity index (χ4v) is 3.58. The molecule has 16 heavy (non-hydrogen) atoms. The van der Waals surface area contributed by atoms with Crippen molar-refractivity contribution >= 4 is 17.5 Å². The first-order chi connectivity index (χ1) is 7.58. The Labute approximate surface area is 103 Å². The molecule has 0 radical (unpaired) electrons. The molecule has 0 N–H and O–H groups in total. The fraction of sp³-hybridized carbons (Fsp3) is 0.923. The van der Waals surface area contributed by atoms with Crippen molar-refractivity contribution < 1.29 is 4.79 Å². The van der Waals surface area contributed by atoms with Gasteiger partial charge in [0.05, 0.1) is 0 Å². The minimum Gasteiger partial charge on any atom is -0.345 e. The van der Waals surface area contributed by atoms with Gasteiger partial charge < -0.3 is 4.90 Å². The van der Waals surface area contributed by atoms with Crippen LogP contribution in [0.5, 0.6) is 0 Å². The molecule has 2 saturated carbocycles. The Morgan fingerprint density at radius 1 is 1.38 bits per heavy atom. The van der Waals surface area contributed by atoms with Gasteiger partial charge in [0.2, 0.25) is 5.91 Å². The van der Waals surface area contributed by atoms with Crippen LogP contribution in [-0.2, 0) is 4.79 Å². The minimum absolute atomic E-state index is 0.289. The van der Waals surface area contributed by atoms with Crippen LogP contribution >= 0.6 is 11.6 Å². The van der Waals surface area contributed by atoms with Crippen molar-refractivity contribution in [3.05, 3.63) is 0 Å². The standard InChI is InChI=1S/C13H22ClNO/c1-9-4-3-5-12(9)13(16)15(2)8-10-6-11(14)7-10/h9-12H,3-8H2,1-2H3. The third-order valence-corrected chi connectivity index (χ3v) is 4.62. The topological polar surface area (TPSA) is 20.3 Å². The molecule has 0 bridgehead atoms. The first-order valence-electron chi connectivity index (χ1n) is 6.47. The van der Waals surface area contributed by atoms with Crippen molar-refractivity contribution in [1.82, 2.24) is 4.90 Å². The van der Waals surface area contributed by atoms with Gasteiger partial charge in [0.25, 0.3) is 0 Å². The van der Waals surface area contributed by atoms with E-state index in [0.717, 1.165) is 25.8 Å². The Hall–Kier alpha value is -0.240. The second-order valence-electron chi connectivity index (χ2n) is 5.67. The van der Waals surface area contributed by atoms with Gasteiger partial charge in [0, 0.05) is 24.9 Å². The highest BCUT2D eigenvalue weighted by atomic mass is 35.5. The van der Waals surface area contributed by atoms with Gasteiger partial charge in [0.1, 0.15) is 0 Å². The van der Waals surface area contributed by atoms with Crippen LogP contribution in [0.4, 0.5) is 0 Å². The number of rotatable bonds is 3. The van der Waals surface area contributed by atoms with E-state index in [2.05, 4.69) is 6.92 Å². The maximum absolute atomic E-state index is 12.2. The monoisotopic (exact) mass is 243 g/mol. The van der Waals surface area contributed by atoms with Crippen molar-refractivity contribution in [2.24, 2.45) is 17.8 Å². The zero-order valence-electron chi connectivity index (χ0n) is 10.3. The predicted octanol–water partition coefficient (Wildman–Crippen LogP) is 2.90. The molecule has 2 aliphatic carbocycles. The van der Waals surface area contributed by atoms with E-state index < -0.39 is 0 Å². The molecule has 0 saturated heterocycles. The number of amides is 1. The van der Waals surface area contributed by atoms with Gasteiger partial charge in [-0.1, -0.05) is 13.3 Å². The van der Waals surface area contributed by atoms with Gasteiger partial charge in [0.15, 0.2) is 0 Å². The average Bonchev–Trinajstić information content (AvgIpc) is 2.61. The predicted molar refractivity (Wildman–Crippen MR) is 66.5 cm³/mol. The van der Waals surface area contributed by atoms with Gasteiger partial charge in [-0.3, -0.25) is 4.79 Å². The van der Waals surface area contributed by atoms with Crippen LogP contribution in [0.15, 0.2) is 0 Å². The van der Waals surface area contributed by atoms with E-state index in [9.17, 15) is 4.79 Å². The summed E-state index contributed by atoms with van der Waals surface area (Å²) in [6, 6.07) is 0. The number of carbonyl (C=O) groups is 1. The van der Waals surface area contributed by atoms with E-state index in [1.165, 1.54) is 12.8 Å². The molecule has 0 heterocycles. The number of hydrogen-bond donors (Lipinski definition) is 0. The molecular formula is C13H22ClNO. The molecule has 0 aromatic rings. The molecule has 0 aliphatic heterocycles. The summed E-state index contributed by atoms with van der Waals surface area (Å²) in [7, 11) is 1.95.